The van der Waals surface area contributed by atoms with Crippen LogP contribution in [0.4, 0.5) is 0 Å². The third-order valence-corrected chi connectivity index (χ3v) is 3.42. The van der Waals surface area contributed by atoms with Gasteiger partial charge in [-0.05, 0) is 22.4 Å². The second kappa shape index (κ2) is 3.83. The average Bonchev–Trinajstić information content (AvgIpc) is 2.30. The van der Waals surface area contributed by atoms with E-state index in [4.69, 9.17) is 0 Å². The minimum Gasteiger partial charge on any atom is -0.233 e. The number of hydrogen-bond donors (Lipinski definition) is 0. The Labute approximate surface area is 81.1 Å². The Bertz CT molecular complexity index is 200. The fraction of sp³-hybridized carbons (Fsp3) is 0.500. The summed E-state index contributed by atoms with van der Waals surface area (Å²) >= 11 is 8.45. The fourth-order valence-corrected chi connectivity index (χ4v) is 2.92. The summed E-state index contributed by atoms with van der Waals surface area (Å²) in [5.41, 5.74) is 1.17. The molecule has 0 unspecified atom stereocenters. The molecule has 0 aliphatic rings. The van der Waals surface area contributed by atoms with E-state index in [1.54, 1.807) is 11.3 Å². The highest BCUT2D eigenvalue weighted by Crippen LogP contribution is 2.24. The first-order valence-corrected chi connectivity index (χ1v) is 5.71. The fourth-order valence-electron chi connectivity index (χ4n) is 0.732. The third-order valence-electron chi connectivity index (χ3n) is 1.20. The molecule has 1 rings (SSSR count). The zero-order valence-electron chi connectivity index (χ0n) is 5.53. The maximum atomic E-state index is 4.29. The first-order chi connectivity index (χ1) is 4.77. The molecular formula is C6H7Br2NS. The van der Waals surface area contributed by atoms with Crippen molar-refractivity contribution in [2.45, 2.75) is 18.7 Å². The Morgan fingerprint density at radius 1 is 1.60 bits per heavy atom. The van der Waals surface area contributed by atoms with Crippen molar-refractivity contribution in [2.24, 2.45) is 0 Å². The molecule has 0 radical (unpaired) electrons. The summed E-state index contributed by atoms with van der Waals surface area (Å²) in [5.74, 6) is 0. The van der Waals surface area contributed by atoms with Crippen LogP contribution in [0, 0.1) is 0 Å². The molecule has 0 atom stereocenters. The molecule has 0 saturated heterocycles. The number of rotatable bonds is 2. The van der Waals surface area contributed by atoms with Gasteiger partial charge in [-0.25, -0.2) is 4.98 Å². The van der Waals surface area contributed by atoms with Gasteiger partial charge in [-0.2, -0.15) is 0 Å². The molecule has 0 amide bonds. The Balaban J connectivity index is 2.96. The second-order valence-electron chi connectivity index (χ2n) is 1.82. The quantitative estimate of drug-likeness (QED) is 0.759. The zero-order valence-corrected chi connectivity index (χ0v) is 9.51. The molecule has 0 spiro atoms. The highest BCUT2D eigenvalue weighted by atomic mass is 79.9. The first-order valence-electron chi connectivity index (χ1n) is 2.98. The Kier molecular flexibility index (Phi) is 3.33. The number of aromatic nitrogens is 1. The lowest BCUT2D eigenvalue weighted by Gasteiger charge is -1.89. The van der Waals surface area contributed by atoms with E-state index >= 15 is 0 Å². The van der Waals surface area contributed by atoms with Crippen LogP contribution < -0.4 is 0 Å². The van der Waals surface area contributed by atoms with Gasteiger partial charge >= 0.3 is 0 Å². The molecule has 0 aliphatic heterocycles. The van der Waals surface area contributed by atoms with Crippen molar-refractivity contribution in [1.82, 2.24) is 4.98 Å². The predicted molar refractivity (Wildman–Crippen MR) is 51.8 cm³/mol. The van der Waals surface area contributed by atoms with Crippen LogP contribution in [0.3, 0.4) is 0 Å². The van der Waals surface area contributed by atoms with Crippen LogP contribution in [-0.2, 0) is 11.8 Å². The van der Waals surface area contributed by atoms with Crippen LogP contribution in [-0.4, -0.2) is 4.98 Å². The number of halogens is 2. The van der Waals surface area contributed by atoms with Crippen LogP contribution in [0.1, 0.15) is 17.5 Å². The van der Waals surface area contributed by atoms with Crippen LogP contribution in [0.15, 0.2) is 3.92 Å². The highest BCUT2D eigenvalue weighted by Gasteiger charge is 2.05. The normalized spacial score (nSPS) is 10.3. The van der Waals surface area contributed by atoms with Gasteiger partial charge in [0.1, 0.15) is 0 Å². The zero-order chi connectivity index (χ0) is 7.56. The number of alkyl halides is 1. The molecule has 0 bridgehead atoms. The second-order valence-corrected chi connectivity index (χ2v) is 4.74. The van der Waals surface area contributed by atoms with Crippen molar-refractivity contribution in [3.63, 3.8) is 0 Å². The molecule has 10 heavy (non-hydrogen) atoms. The predicted octanol–water partition coefficient (Wildman–Crippen LogP) is 3.36. The van der Waals surface area contributed by atoms with Gasteiger partial charge in [0.2, 0.25) is 0 Å². The van der Waals surface area contributed by atoms with Gasteiger partial charge in [0.25, 0.3) is 0 Å². The van der Waals surface area contributed by atoms with E-state index in [0.717, 1.165) is 15.7 Å². The summed E-state index contributed by atoms with van der Waals surface area (Å²) in [7, 11) is 0. The van der Waals surface area contributed by atoms with E-state index < -0.39 is 0 Å². The van der Waals surface area contributed by atoms with Gasteiger partial charge in [0.15, 0.2) is 3.92 Å². The maximum absolute atomic E-state index is 4.29. The number of nitrogens with zero attached hydrogens (tertiary/aromatic N) is 1. The molecule has 0 fully saturated rings. The lowest BCUT2D eigenvalue weighted by atomic mass is 10.3. The van der Waals surface area contributed by atoms with Crippen molar-refractivity contribution < 1.29 is 0 Å². The van der Waals surface area contributed by atoms with Crippen molar-refractivity contribution >= 4 is 43.2 Å². The first kappa shape index (κ1) is 8.68. The third kappa shape index (κ3) is 1.80. The van der Waals surface area contributed by atoms with Crippen LogP contribution in [0.25, 0.3) is 0 Å². The molecule has 1 nitrogen and oxygen atoms in total. The molecule has 1 heterocycles. The largest absolute Gasteiger partial charge is 0.233 e. The molecule has 1 aromatic heterocycles. The van der Waals surface area contributed by atoms with E-state index in [1.165, 1.54) is 10.6 Å². The van der Waals surface area contributed by atoms with Crippen molar-refractivity contribution in [1.29, 1.82) is 0 Å². The molecule has 1 aromatic rings. The molecule has 56 valence electrons. The summed E-state index contributed by atoms with van der Waals surface area (Å²) in [6.07, 6.45) is 1.07. The number of aryl methyl sites for hydroxylation is 1. The SMILES string of the molecule is CCc1sc(Br)nc1CBr. The minimum atomic E-state index is 0.859. The standard InChI is InChI=1S/C6H7Br2NS/c1-2-5-4(3-7)9-6(8)10-5/h2-3H2,1H3. The van der Waals surface area contributed by atoms with E-state index in [-0.39, 0.29) is 0 Å². The van der Waals surface area contributed by atoms with Gasteiger partial charge in [0, 0.05) is 10.2 Å². The minimum absolute atomic E-state index is 0.859. The molecular weight excluding hydrogens is 278 g/mol. The van der Waals surface area contributed by atoms with Gasteiger partial charge < -0.3 is 0 Å². The van der Waals surface area contributed by atoms with E-state index in [9.17, 15) is 0 Å². The Morgan fingerprint density at radius 3 is 2.70 bits per heavy atom. The smallest absolute Gasteiger partial charge is 0.159 e. The Hall–Kier alpha value is 0.590. The van der Waals surface area contributed by atoms with Crippen LogP contribution in [0.5, 0.6) is 0 Å². The van der Waals surface area contributed by atoms with Gasteiger partial charge in [0.05, 0.1) is 5.69 Å². The number of hydrogen-bond acceptors (Lipinski definition) is 2. The summed E-state index contributed by atoms with van der Waals surface area (Å²) in [4.78, 5) is 5.65. The van der Waals surface area contributed by atoms with Crippen LogP contribution in [0.2, 0.25) is 0 Å². The van der Waals surface area contributed by atoms with Gasteiger partial charge in [-0.3, -0.25) is 0 Å². The molecule has 0 aromatic carbocycles. The molecule has 0 saturated carbocycles. The topological polar surface area (TPSA) is 12.9 Å². The molecule has 0 N–H and O–H groups in total. The van der Waals surface area contributed by atoms with Gasteiger partial charge in [-0.15, -0.1) is 11.3 Å². The summed E-state index contributed by atoms with van der Waals surface area (Å²) in [6, 6.07) is 0. The lowest BCUT2D eigenvalue weighted by Crippen LogP contribution is -1.82. The van der Waals surface area contributed by atoms with Crippen molar-refractivity contribution in [3.05, 3.63) is 14.5 Å². The van der Waals surface area contributed by atoms with Gasteiger partial charge in [-0.1, -0.05) is 22.9 Å². The Morgan fingerprint density at radius 2 is 2.30 bits per heavy atom. The van der Waals surface area contributed by atoms with Crippen molar-refractivity contribution in [2.75, 3.05) is 0 Å². The maximum Gasteiger partial charge on any atom is 0.159 e. The van der Waals surface area contributed by atoms with E-state index in [2.05, 4.69) is 43.8 Å². The summed E-state index contributed by atoms with van der Waals surface area (Å²) in [6.45, 7) is 2.14. The number of thiazole rings is 1. The van der Waals surface area contributed by atoms with Crippen molar-refractivity contribution in [3.8, 4) is 0 Å². The summed E-state index contributed by atoms with van der Waals surface area (Å²) in [5, 5.41) is 0.859. The van der Waals surface area contributed by atoms with E-state index in [0.29, 0.717) is 0 Å². The summed E-state index contributed by atoms with van der Waals surface area (Å²) < 4.78 is 0.985. The molecule has 0 aliphatic carbocycles. The van der Waals surface area contributed by atoms with E-state index in [1.807, 2.05) is 0 Å². The average molecular weight is 285 g/mol. The lowest BCUT2D eigenvalue weighted by molar-refractivity contribution is 1.10. The highest BCUT2D eigenvalue weighted by molar-refractivity contribution is 9.11. The molecule has 4 heteroatoms. The monoisotopic (exact) mass is 283 g/mol. The van der Waals surface area contributed by atoms with Crippen LogP contribution >= 0.6 is 43.2 Å².